The molecule has 3 heterocycles. The van der Waals surface area contributed by atoms with Gasteiger partial charge in [0.2, 0.25) is 6.79 Å². The normalized spacial score (nSPS) is 26.6. The Labute approximate surface area is 187 Å². The summed E-state index contributed by atoms with van der Waals surface area (Å²) in [6.07, 6.45) is -0.836. The molecule has 2 saturated heterocycles. The lowest BCUT2D eigenvalue weighted by Crippen LogP contribution is -2.18. The lowest BCUT2D eigenvalue weighted by atomic mass is 9.85. The van der Waals surface area contributed by atoms with Gasteiger partial charge in [0.05, 0.1) is 32.5 Å². The predicted molar refractivity (Wildman–Crippen MR) is 116 cm³/mol. The number of aliphatic hydroxyl groups excluding tert-OH is 1. The van der Waals surface area contributed by atoms with E-state index in [9.17, 15) is 5.11 Å². The highest BCUT2D eigenvalue weighted by Gasteiger charge is 2.48. The number of ether oxygens (including phenoxy) is 6. The number of aliphatic hydroxyl groups is 1. The summed E-state index contributed by atoms with van der Waals surface area (Å²) in [6, 6.07) is 11.8. The van der Waals surface area contributed by atoms with Crippen LogP contribution in [0.2, 0.25) is 0 Å². The molecule has 2 fully saturated rings. The zero-order chi connectivity index (χ0) is 22.2. The lowest BCUT2D eigenvalue weighted by molar-refractivity contribution is 0.0191. The molecule has 0 aromatic heterocycles. The largest absolute Gasteiger partial charge is 0.493 e. The van der Waals surface area contributed by atoms with Crippen LogP contribution in [0.1, 0.15) is 30.3 Å². The molecule has 2 aromatic carbocycles. The molecule has 3 aliphatic rings. The summed E-state index contributed by atoms with van der Waals surface area (Å²) < 4.78 is 34.7. The van der Waals surface area contributed by atoms with Gasteiger partial charge in [-0.05, 0) is 47.9 Å². The van der Waals surface area contributed by atoms with E-state index < -0.39 is 6.10 Å². The second-order valence-electron chi connectivity index (χ2n) is 8.53. The number of rotatable bonds is 7. The fraction of sp³-hybridized carbons (Fsp3) is 0.440. The van der Waals surface area contributed by atoms with Crippen molar-refractivity contribution in [2.45, 2.75) is 25.2 Å². The minimum atomic E-state index is -0.720. The maximum Gasteiger partial charge on any atom is 0.231 e. The Morgan fingerprint density at radius 1 is 1.00 bits per heavy atom. The number of methoxy groups -OCH3 is 1. The summed E-state index contributed by atoms with van der Waals surface area (Å²) >= 11 is 0. The van der Waals surface area contributed by atoms with E-state index in [4.69, 9.17) is 28.4 Å². The van der Waals surface area contributed by atoms with Gasteiger partial charge in [-0.25, -0.2) is 0 Å². The highest BCUT2D eigenvalue weighted by molar-refractivity contribution is 5.46. The minimum Gasteiger partial charge on any atom is -0.493 e. The molecule has 5 atom stereocenters. The molecular weight excluding hydrogens is 412 g/mol. The van der Waals surface area contributed by atoms with Crippen molar-refractivity contribution in [1.82, 2.24) is 0 Å². The van der Waals surface area contributed by atoms with Gasteiger partial charge in [-0.2, -0.15) is 0 Å². The van der Waals surface area contributed by atoms with E-state index in [1.54, 1.807) is 14.0 Å². The molecule has 0 radical (unpaired) electrons. The second-order valence-corrected chi connectivity index (χ2v) is 8.53. The van der Waals surface area contributed by atoms with Crippen molar-refractivity contribution in [3.05, 3.63) is 59.7 Å². The smallest absolute Gasteiger partial charge is 0.231 e. The molecule has 32 heavy (non-hydrogen) atoms. The summed E-state index contributed by atoms with van der Waals surface area (Å²) in [5.41, 5.74) is 2.77. The van der Waals surface area contributed by atoms with Crippen LogP contribution in [-0.4, -0.2) is 44.9 Å². The van der Waals surface area contributed by atoms with E-state index in [0.29, 0.717) is 30.3 Å². The maximum absolute atomic E-state index is 9.94. The zero-order valence-corrected chi connectivity index (χ0v) is 18.3. The lowest BCUT2D eigenvalue weighted by Gasteiger charge is -2.19. The zero-order valence-electron chi connectivity index (χ0n) is 18.3. The molecular formula is C25H28O7. The van der Waals surface area contributed by atoms with E-state index in [-0.39, 0.29) is 37.4 Å². The first-order valence-corrected chi connectivity index (χ1v) is 10.8. The number of hydrogen-bond acceptors (Lipinski definition) is 7. The van der Waals surface area contributed by atoms with Crippen LogP contribution in [0.4, 0.5) is 0 Å². The van der Waals surface area contributed by atoms with Crippen molar-refractivity contribution in [2.75, 3.05) is 33.7 Å². The van der Waals surface area contributed by atoms with Crippen molar-refractivity contribution in [3.8, 4) is 23.0 Å². The maximum atomic E-state index is 9.94. The van der Waals surface area contributed by atoms with E-state index >= 15 is 0 Å². The summed E-state index contributed by atoms with van der Waals surface area (Å²) in [5.74, 6) is 3.22. The van der Waals surface area contributed by atoms with Crippen LogP contribution in [0, 0.1) is 11.8 Å². The Morgan fingerprint density at radius 2 is 1.66 bits per heavy atom. The molecule has 170 valence electrons. The molecule has 0 amide bonds. The Hall–Kier alpha value is -2.74. The van der Waals surface area contributed by atoms with Crippen molar-refractivity contribution in [3.63, 3.8) is 0 Å². The van der Waals surface area contributed by atoms with Gasteiger partial charge in [0.25, 0.3) is 0 Å². The first kappa shape index (κ1) is 21.1. The highest BCUT2D eigenvalue weighted by atomic mass is 16.7. The molecule has 0 spiro atoms. The third-order valence-electron chi connectivity index (χ3n) is 6.47. The Balaban J connectivity index is 1.31. The quantitative estimate of drug-likeness (QED) is 0.656. The average Bonchev–Trinajstić information content (AvgIpc) is 3.52. The van der Waals surface area contributed by atoms with Crippen molar-refractivity contribution in [1.29, 1.82) is 0 Å². The third-order valence-corrected chi connectivity index (χ3v) is 6.47. The fourth-order valence-electron chi connectivity index (χ4n) is 4.62. The van der Waals surface area contributed by atoms with E-state index in [1.807, 2.05) is 36.4 Å². The molecule has 1 N–H and O–H groups in total. The summed E-state index contributed by atoms with van der Waals surface area (Å²) in [4.78, 5) is 0. The number of fused-ring (bicyclic) bond motifs is 2. The number of benzene rings is 2. The molecule has 7 nitrogen and oxygen atoms in total. The summed E-state index contributed by atoms with van der Waals surface area (Å²) in [6.45, 7) is 7.15. The molecule has 5 rings (SSSR count). The third kappa shape index (κ3) is 3.81. The van der Waals surface area contributed by atoms with Crippen LogP contribution in [0.15, 0.2) is 48.6 Å². The van der Waals surface area contributed by atoms with Crippen LogP contribution >= 0.6 is 0 Å². The second kappa shape index (κ2) is 8.65. The summed E-state index contributed by atoms with van der Waals surface area (Å²) in [5, 5.41) is 9.94. The fourth-order valence-corrected chi connectivity index (χ4v) is 4.62. The van der Waals surface area contributed by atoms with Crippen molar-refractivity contribution < 1.29 is 33.5 Å². The van der Waals surface area contributed by atoms with Crippen LogP contribution < -0.4 is 18.9 Å². The predicted octanol–water partition coefficient (Wildman–Crippen LogP) is 3.81. The Kier molecular flexibility index (Phi) is 5.71. The van der Waals surface area contributed by atoms with Crippen molar-refractivity contribution in [2.24, 2.45) is 11.8 Å². The minimum absolute atomic E-state index is 0.0346. The first-order valence-electron chi connectivity index (χ1n) is 10.8. The standard InChI is InChI=1S/C25H28O7/c1-14(2)19(26)12-28-20-6-4-15(8-22(20)27-3)24-17-10-30-25(18(17)11-29-24)16-5-7-21-23(9-16)32-13-31-21/h4-9,17-19,24-26H,1,10-13H2,2-3H3. The van der Waals surface area contributed by atoms with Gasteiger partial charge in [0, 0.05) is 11.8 Å². The number of hydrogen-bond donors (Lipinski definition) is 1. The van der Waals surface area contributed by atoms with Gasteiger partial charge in [-0.3, -0.25) is 0 Å². The molecule has 0 aliphatic carbocycles. The molecule has 0 bridgehead atoms. The van der Waals surface area contributed by atoms with Crippen molar-refractivity contribution >= 4 is 0 Å². The molecule has 0 saturated carbocycles. The van der Waals surface area contributed by atoms with Crippen LogP contribution in [0.25, 0.3) is 0 Å². The van der Waals surface area contributed by atoms with Gasteiger partial charge in [0.15, 0.2) is 23.0 Å². The van der Waals surface area contributed by atoms with Crippen LogP contribution in [-0.2, 0) is 9.47 Å². The van der Waals surface area contributed by atoms with Gasteiger partial charge in [-0.15, -0.1) is 0 Å². The Morgan fingerprint density at radius 3 is 2.34 bits per heavy atom. The molecule has 2 aromatic rings. The SMILES string of the molecule is C=C(C)C(O)COc1ccc(C2OCC3C(c4ccc5c(c4)OCO5)OCC23)cc1OC. The Bertz CT molecular complexity index is 1000. The van der Waals surface area contributed by atoms with Gasteiger partial charge < -0.3 is 33.5 Å². The molecule has 7 heteroatoms. The van der Waals surface area contributed by atoms with E-state index in [1.165, 1.54) is 0 Å². The van der Waals surface area contributed by atoms with Crippen LogP contribution in [0.5, 0.6) is 23.0 Å². The highest BCUT2D eigenvalue weighted by Crippen LogP contribution is 2.51. The average molecular weight is 440 g/mol. The topological polar surface area (TPSA) is 75.6 Å². The van der Waals surface area contributed by atoms with Gasteiger partial charge >= 0.3 is 0 Å². The molecule has 5 unspecified atom stereocenters. The summed E-state index contributed by atoms with van der Waals surface area (Å²) in [7, 11) is 1.60. The van der Waals surface area contributed by atoms with E-state index in [0.717, 1.165) is 22.6 Å². The monoisotopic (exact) mass is 440 g/mol. The first-order chi connectivity index (χ1) is 15.5. The van der Waals surface area contributed by atoms with E-state index in [2.05, 4.69) is 6.58 Å². The van der Waals surface area contributed by atoms with Gasteiger partial charge in [0.1, 0.15) is 12.7 Å². The van der Waals surface area contributed by atoms with Gasteiger partial charge in [-0.1, -0.05) is 18.7 Å². The van der Waals surface area contributed by atoms with Crippen LogP contribution in [0.3, 0.4) is 0 Å². The molecule has 3 aliphatic heterocycles.